The van der Waals surface area contributed by atoms with Crippen LogP contribution in [-0.2, 0) is 0 Å². The molecule has 3 aromatic rings. The van der Waals surface area contributed by atoms with Crippen LogP contribution in [0.25, 0.3) is 5.69 Å². The number of halogens is 2. The number of benzene rings is 1. The second kappa shape index (κ2) is 9.32. The van der Waals surface area contributed by atoms with Crippen molar-refractivity contribution in [3.63, 3.8) is 0 Å². The topological polar surface area (TPSA) is 110 Å². The maximum Gasteiger partial charge on any atom is 0.251 e. The lowest BCUT2D eigenvalue weighted by Crippen LogP contribution is -2.42. The fraction of sp³-hybridized carbons (Fsp3) is 0.458. The summed E-state index contributed by atoms with van der Waals surface area (Å²) in [6.45, 7) is 4.36. The largest absolute Gasteiger partial charge is 0.495 e. The zero-order valence-electron chi connectivity index (χ0n) is 20.3. The number of aromatic nitrogens is 5. The van der Waals surface area contributed by atoms with Crippen molar-refractivity contribution in [2.75, 3.05) is 23.9 Å². The van der Waals surface area contributed by atoms with E-state index in [1.165, 1.54) is 7.11 Å². The molecule has 190 valence electrons. The Bertz CT molecular complexity index is 1280. The fourth-order valence-corrected chi connectivity index (χ4v) is 5.00. The monoisotopic (exact) mass is 498 g/mol. The summed E-state index contributed by atoms with van der Waals surface area (Å²) in [5.41, 5.74) is 1.67. The van der Waals surface area contributed by atoms with Gasteiger partial charge in [-0.2, -0.15) is 4.98 Å². The molecule has 1 aliphatic carbocycles. The molecule has 0 radical (unpaired) electrons. The number of carbonyl (C=O) groups is 1. The van der Waals surface area contributed by atoms with E-state index in [0.29, 0.717) is 53.7 Å². The molecular weight excluding hydrogens is 470 g/mol. The van der Waals surface area contributed by atoms with Crippen molar-refractivity contribution in [1.82, 2.24) is 30.0 Å². The molecule has 1 amide bonds. The molecule has 2 aliphatic rings. The van der Waals surface area contributed by atoms with Gasteiger partial charge in [-0.1, -0.05) is 6.92 Å². The Balaban J connectivity index is 1.52. The molecule has 0 saturated heterocycles. The van der Waals surface area contributed by atoms with Crippen molar-refractivity contribution in [2.24, 2.45) is 0 Å². The number of alkyl halides is 2. The van der Waals surface area contributed by atoms with Gasteiger partial charge in [-0.25, -0.2) is 13.8 Å². The lowest BCUT2D eigenvalue weighted by molar-refractivity contribution is 0.00745. The fourth-order valence-electron chi connectivity index (χ4n) is 5.00. The van der Waals surface area contributed by atoms with Gasteiger partial charge in [-0.3, -0.25) is 9.36 Å². The summed E-state index contributed by atoms with van der Waals surface area (Å²) in [6, 6.07) is 4.40. The number of amides is 1. The van der Waals surface area contributed by atoms with E-state index in [2.05, 4.69) is 25.8 Å². The summed E-state index contributed by atoms with van der Waals surface area (Å²) >= 11 is 0. The smallest absolute Gasteiger partial charge is 0.251 e. The molecule has 1 aromatic carbocycles. The molecule has 2 atom stereocenters. The quantitative estimate of drug-likeness (QED) is 0.503. The van der Waals surface area contributed by atoms with Gasteiger partial charge in [0.05, 0.1) is 25.0 Å². The van der Waals surface area contributed by atoms with Gasteiger partial charge >= 0.3 is 0 Å². The second-order valence-electron chi connectivity index (χ2n) is 8.95. The van der Waals surface area contributed by atoms with Crippen molar-refractivity contribution in [2.45, 2.75) is 57.5 Å². The van der Waals surface area contributed by atoms with Crippen molar-refractivity contribution < 1.29 is 18.3 Å². The molecule has 0 bridgehead atoms. The van der Waals surface area contributed by atoms with E-state index in [1.54, 1.807) is 30.7 Å². The highest BCUT2D eigenvalue weighted by atomic mass is 19.3. The number of ether oxygens (including phenoxy) is 1. The third-order valence-electron chi connectivity index (χ3n) is 6.67. The molecule has 1 unspecified atom stereocenters. The van der Waals surface area contributed by atoms with Crippen LogP contribution in [0.3, 0.4) is 0 Å². The Kier molecular flexibility index (Phi) is 6.19. The zero-order chi connectivity index (χ0) is 25.4. The molecule has 2 N–H and O–H groups in total. The van der Waals surface area contributed by atoms with Crippen molar-refractivity contribution in [3.8, 4) is 11.4 Å². The van der Waals surface area contributed by atoms with Crippen LogP contribution in [0.1, 0.15) is 61.8 Å². The minimum atomic E-state index is -2.71. The first-order valence-corrected chi connectivity index (χ1v) is 12.0. The number of rotatable bonds is 7. The second-order valence-corrected chi connectivity index (χ2v) is 8.95. The minimum Gasteiger partial charge on any atom is -0.495 e. The molecule has 2 aromatic heterocycles. The van der Waals surface area contributed by atoms with E-state index in [0.717, 1.165) is 0 Å². The van der Waals surface area contributed by atoms with Gasteiger partial charge in [0.25, 0.3) is 5.91 Å². The number of nitrogens with zero attached hydrogens (tertiary/aromatic N) is 6. The van der Waals surface area contributed by atoms with Gasteiger partial charge < -0.3 is 20.3 Å². The molecule has 1 saturated carbocycles. The van der Waals surface area contributed by atoms with Gasteiger partial charge in [0, 0.05) is 31.0 Å². The normalized spacial score (nSPS) is 20.0. The predicted molar refractivity (Wildman–Crippen MR) is 129 cm³/mol. The van der Waals surface area contributed by atoms with Gasteiger partial charge in [0.2, 0.25) is 11.9 Å². The van der Waals surface area contributed by atoms with Crippen LogP contribution >= 0.6 is 0 Å². The van der Waals surface area contributed by atoms with Crippen LogP contribution in [0.2, 0.25) is 0 Å². The number of fused-ring (bicyclic) bond motifs is 3. The molecule has 0 spiro atoms. The van der Waals surface area contributed by atoms with Gasteiger partial charge in [-0.05, 0) is 38.0 Å². The Hall–Kier alpha value is -3.83. The number of hydrogen-bond donors (Lipinski definition) is 2. The predicted octanol–water partition coefficient (Wildman–Crippen LogP) is 4.02. The molecule has 5 rings (SSSR count). The first-order chi connectivity index (χ1) is 17.3. The summed E-state index contributed by atoms with van der Waals surface area (Å²) in [5.74, 6) is -0.952. The summed E-state index contributed by atoms with van der Waals surface area (Å²) in [6.07, 6.45) is 3.86. The van der Waals surface area contributed by atoms with Crippen LogP contribution in [0.15, 0.2) is 30.7 Å². The molecule has 10 nitrogen and oxygen atoms in total. The lowest BCUT2D eigenvalue weighted by atomic mass is 10.0. The summed E-state index contributed by atoms with van der Waals surface area (Å²) in [4.78, 5) is 23.4. The lowest BCUT2D eigenvalue weighted by Gasteiger charge is -2.40. The van der Waals surface area contributed by atoms with E-state index in [4.69, 9.17) is 9.72 Å². The number of anilines is 3. The highest BCUT2D eigenvalue weighted by Crippen LogP contribution is 2.46. The number of hydrogen-bond acceptors (Lipinski definition) is 8. The average Bonchev–Trinajstić information content (AvgIpc) is 3.49. The number of carbonyl (C=O) groups excluding carboxylic acids is 1. The van der Waals surface area contributed by atoms with E-state index in [1.807, 2.05) is 23.3 Å². The molecule has 1 aliphatic heterocycles. The summed E-state index contributed by atoms with van der Waals surface area (Å²) < 4.78 is 35.8. The number of methoxy groups -OCH3 is 1. The maximum atomic E-state index is 14.2. The Morgan fingerprint density at radius 3 is 2.83 bits per heavy atom. The maximum absolute atomic E-state index is 14.2. The molecule has 1 fully saturated rings. The Morgan fingerprint density at radius 1 is 1.31 bits per heavy atom. The Morgan fingerprint density at radius 2 is 2.14 bits per heavy atom. The zero-order valence-corrected chi connectivity index (χ0v) is 20.3. The first-order valence-electron chi connectivity index (χ1n) is 12.0. The highest BCUT2D eigenvalue weighted by molar-refractivity contribution is 5.95. The van der Waals surface area contributed by atoms with Crippen LogP contribution in [0, 0.1) is 0 Å². The highest BCUT2D eigenvalue weighted by Gasteiger charge is 2.46. The van der Waals surface area contributed by atoms with Crippen LogP contribution in [0.4, 0.5) is 26.2 Å². The molecular formula is C24H28F2N8O2. The summed E-state index contributed by atoms with van der Waals surface area (Å²) in [5, 5.41) is 14.2. The van der Waals surface area contributed by atoms with Gasteiger partial charge in [0.15, 0.2) is 11.6 Å². The van der Waals surface area contributed by atoms with E-state index in [-0.39, 0.29) is 36.8 Å². The number of nitrogens with one attached hydrogen (secondary N) is 2. The van der Waals surface area contributed by atoms with E-state index >= 15 is 0 Å². The third-order valence-corrected chi connectivity index (χ3v) is 6.67. The SMILES string of the molecule is CCNC(=O)c1ccc(Nc2ncc3c(n2)N([C@@H]2CCC(F)(F)C2)C(CC)c2nncn2-3)c(OC)c1. The van der Waals surface area contributed by atoms with Crippen molar-refractivity contribution in [3.05, 3.63) is 42.1 Å². The Labute approximate surface area is 207 Å². The minimum absolute atomic E-state index is 0.155. The van der Waals surface area contributed by atoms with Crippen molar-refractivity contribution >= 4 is 23.4 Å². The van der Waals surface area contributed by atoms with E-state index in [9.17, 15) is 13.6 Å². The molecule has 12 heteroatoms. The average molecular weight is 499 g/mol. The summed E-state index contributed by atoms with van der Waals surface area (Å²) in [7, 11) is 1.51. The van der Waals surface area contributed by atoms with Gasteiger partial charge in [-0.15, -0.1) is 10.2 Å². The van der Waals surface area contributed by atoms with E-state index < -0.39 is 5.92 Å². The van der Waals surface area contributed by atoms with Crippen LogP contribution in [-0.4, -0.2) is 56.3 Å². The molecule has 36 heavy (non-hydrogen) atoms. The van der Waals surface area contributed by atoms with Gasteiger partial charge in [0.1, 0.15) is 17.8 Å². The van der Waals surface area contributed by atoms with Crippen molar-refractivity contribution in [1.29, 1.82) is 0 Å². The van der Waals surface area contributed by atoms with Crippen LogP contribution in [0.5, 0.6) is 5.75 Å². The van der Waals surface area contributed by atoms with Crippen LogP contribution < -0.4 is 20.3 Å². The molecule has 3 heterocycles. The first kappa shape index (κ1) is 23.9. The standard InChI is InChI=1S/C24H28F2N8O2/c1-4-17-21-32-29-13-33(21)18-12-28-23(31-20(18)34(17)15-8-9-24(25,26)11-15)30-16-7-6-14(10-19(16)36-3)22(35)27-5-2/h6-7,10,12-13,15,17H,4-5,8-9,11H2,1-3H3,(H,27,35)(H,28,30,31)/t15-,17?/m1/s1. The third kappa shape index (κ3) is 4.20.